The van der Waals surface area contributed by atoms with Crippen molar-refractivity contribution in [3.8, 4) is 0 Å². The molecule has 22 heteroatoms. The molecule has 3 fully saturated rings. The van der Waals surface area contributed by atoms with Crippen LogP contribution in [0.5, 0.6) is 0 Å². The molecule has 22 nitrogen and oxygen atoms in total. The lowest BCUT2D eigenvalue weighted by atomic mass is 9.44. The van der Waals surface area contributed by atoms with Crippen LogP contribution in [0.4, 0.5) is 0 Å². The maximum absolute atomic E-state index is 15.5. The maximum Gasteiger partial charge on any atom is 0.348 e. The lowest BCUT2D eigenvalue weighted by Gasteiger charge is -2.67. The van der Waals surface area contributed by atoms with E-state index in [-0.39, 0.29) is 54.1 Å². The number of amides is 3. The second-order valence-corrected chi connectivity index (χ2v) is 26.2. The van der Waals surface area contributed by atoms with Gasteiger partial charge in [-0.25, -0.2) is 9.59 Å². The van der Waals surface area contributed by atoms with Crippen molar-refractivity contribution in [3.63, 3.8) is 0 Å². The van der Waals surface area contributed by atoms with Crippen molar-refractivity contribution in [1.29, 1.82) is 0 Å². The number of hydrogen-bond acceptors (Lipinski definition) is 19. The van der Waals surface area contributed by atoms with Crippen molar-refractivity contribution in [3.05, 3.63) is 131 Å². The van der Waals surface area contributed by atoms with Crippen LogP contribution in [-0.2, 0) is 78.0 Å². The summed E-state index contributed by atoms with van der Waals surface area (Å²) in [7, 11) is 0. The van der Waals surface area contributed by atoms with Crippen LogP contribution in [-0.4, -0.2) is 153 Å². The molecule has 1 saturated heterocycles. The molecule has 4 aliphatic rings. The highest BCUT2D eigenvalue weighted by atomic mass is 16.6. The topological polar surface area (TPSA) is 323 Å². The molecule has 2 bridgehead atoms. The van der Waals surface area contributed by atoms with E-state index in [0.717, 1.165) is 6.92 Å². The number of esters is 5. The highest BCUT2D eigenvalue weighted by molar-refractivity contribution is 5.97. The van der Waals surface area contributed by atoms with E-state index >= 15 is 9.59 Å². The third-order valence-electron chi connectivity index (χ3n) is 17.8. The van der Waals surface area contributed by atoms with E-state index in [9.17, 15) is 53.7 Å². The molecule has 2 saturated carbocycles. The number of aliphatic hydroxyl groups is 3. The number of ether oxygens (including phenoxy) is 6. The molecule has 90 heavy (non-hydrogen) atoms. The molecular weight excluding hydrogens is 1160 g/mol. The molecule has 486 valence electrons. The first kappa shape index (κ1) is 69.6. The molecule has 1 aliphatic heterocycles. The zero-order chi connectivity index (χ0) is 66.4. The predicted molar refractivity (Wildman–Crippen MR) is 324 cm³/mol. The molecule has 3 aliphatic carbocycles. The van der Waals surface area contributed by atoms with E-state index < -0.39 is 180 Å². The number of Topliss-reactive ketones (excluding diaryl/α,β-unsaturated/α-hetero) is 2. The zero-order valence-corrected chi connectivity index (χ0v) is 53.0. The molecule has 7 rings (SSSR count). The van der Waals surface area contributed by atoms with Gasteiger partial charge >= 0.3 is 29.8 Å². The minimum absolute atomic E-state index is 0.00260. The molecule has 6 N–H and O–H groups in total. The Kier molecular flexibility index (Phi) is 21.7. The molecule has 3 unspecified atom stereocenters. The van der Waals surface area contributed by atoms with Gasteiger partial charge in [-0.15, -0.1) is 0 Å². The summed E-state index contributed by atoms with van der Waals surface area (Å²) >= 11 is 0. The number of carbonyl (C=O) groups is 10. The molecule has 0 radical (unpaired) electrons. The predicted octanol–water partition coefficient (Wildman–Crippen LogP) is 5.36. The summed E-state index contributed by atoms with van der Waals surface area (Å²) in [5, 5.41) is 46.5. The summed E-state index contributed by atoms with van der Waals surface area (Å²) < 4.78 is 36.7. The number of benzene rings is 3. The number of ketones is 2. The van der Waals surface area contributed by atoms with Crippen molar-refractivity contribution in [2.24, 2.45) is 22.7 Å². The van der Waals surface area contributed by atoms with E-state index in [1.807, 2.05) is 13.8 Å². The van der Waals surface area contributed by atoms with Crippen molar-refractivity contribution < 1.29 is 91.7 Å². The summed E-state index contributed by atoms with van der Waals surface area (Å²) in [5.74, 6) is -11.9. The summed E-state index contributed by atoms with van der Waals surface area (Å²) in [4.78, 5) is 141. The minimum atomic E-state index is -2.52. The molecule has 1 heterocycles. The monoisotopic (exact) mass is 1250 g/mol. The lowest BCUT2D eigenvalue weighted by molar-refractivity contribution is -0.346. The fourth-order valence-corrected chi connectivity index (χ4v) is 13.2. The van der Waals surface area contributed by atoms with Crippen molar-refractivity contribution >= 4 is 59.1 Å². The highest BCUT2D eigenvalue weighted by Crippen LogP contribution is 2.64. The number of rotatable bonds is 24. The third kappa shape index (κ3) is 15.1. The number of hydrogen-bond donors (Lipinski definition) is 6. The van der Waals surface area contributed by atoms with Gasteiger partial charge < -0.3 is 59.7 Å². The SMILES string of the molecule is C=C(C)C(=O)NCC(=O)NC(Cc1ccccc1)C(=O)NC(CC(C)C)C(=O)CCC(=O)O[C@@H](C(=O)O[C@H]1C[C@@]2(O)[C@@H](OC(=O)c3ccccc3)[C@H]3[C@](C)(C(=O)[C@H](O)C(=C1C)C2(C)C)[C@@H](O)CC1OC[C@]13OC(C)=O)[C@@H](CC(=O)OC(C)(C)C)c1ccccc1. The van der Waals surface area contributed by atoms with Gasteiger partial charge in [0.2, 0.25) is 23.8 Å². The van der Waals surface area contributed by atoms with Gasteiger partial charge in [0.25, 0.3) is 0 Å². The zero-order valence-electron chi connectivity index (χ0n) is 53.0. The molecular formula is C68H85N3O19. The van der Waals surface area contributed by atoms with E-state index in [0.29, 0.717) is 11.1 Å². The van der Waals surface area contributed by atoms with E-state index in [2.05, 4.69) is 22.5 Å². The number of fused-ring (bicyclic) bond motifs is 5. The average Bonchev–Trinajstić information content (AvgIpc) is 0.674. The Morgan fingerprint density at radius 2 is 1.42 bits per heavy atom. The smallest absolute Gasteiger partial charge is 0.348 e. The second kappa shape index (κ2) is 28.1. The number of carbonyl (C=O) groups excluding carboxylic acids is 10. The van der Waals surface area contributed by atoms with Gasteiger partial charge in [-0.3, -0.25) is 38.4 Å². The largest absolute Gasteiger partial charge is 0.460 e. The molecule has 3 aromatic rings. The van der Waals surface area contributed by atoms with Crippen LogP contribution in [0.1, 0.15) is 142 Å². The van der Waals surface area contributed by atoms with Crippen LogP contribution >= 0.6 is 0 Å². The summed E-state index contributed by atoms with van der Waals surface area (Å²) in [5.41, 5.74) is -8.28. The normalized spacial score (nSPS) is 26.3. The Morgan fingerprint density at radius 3 is 1.99 bits per heavy atom. The Labute approximate surface area is 524 Å². The van der Waals surface area contributed by atoms with Gasteiger partial charge in [0.05, 0.1) is 55.0 Å². The third-order valence-corrected chi connectivity index (χ3v) is 17.8. The molecule has 3 amide bonds. The fraction of sp³-hybridized carbons (Fsp3) is 0.529. The quantitative estimate of drug-likeness (QED) is 0.0284. The first-order chi connectivity index (χ1) is 42.1. The van der Waals surface area contributed by atoms with Gasteiger partial charge in [-0.2, -0.15) is 0 Å². The summed E-state index contributed by atoms with van der Waals surface area (Å²) in [6.45, 7) is 19.6. The van der Waals surface area contributed by atoms with Crippen LogP contribution in [0.3, 0.4) is 0 Å². The maximum atomic E-state index is 15.5. The van der Waals surface area contributed by atoms with Gasteiger partial charge in [-0.1, -0.05) is 113 Å². The van der Waals surface area contributed by atoms with Crippen LogP contribution in [0, 0.1) is 22.7 Å². The van der Waals surface area contributed by atoms with Gasteiger partial charge in [0.1, 0.15) is 41.7 Å². The molecule has 0 aromatic heterocycles. The molecule has 13 atom stereocenters. The summed E-state index contributed by atoms with van der Waals surface area (Å²) in [6, 6.07) is 22.1. The Hall–Kier alpha value is -7.92. The molecule has 3 aromatic carbocycles. The second-order valence-electron chi connectivity index (χ2n) is 26.2. The lowest BCUT2D eigenvalue weighted by Crippen LogP contribution is -2.81. The van der Waals surface area contributed by atoms with Crippen molar-refractivity contribution in [2.45, 2.75) is 193 Å². The van der Waals surface area contributed by atoms with E-state index in [1.165, 1.54) is 46.8 Å². The van der Waals surface area contributed by atoms with Crippen LogP contribution < -0.4 is 16.0 Å². The number of nitrogens with one attached hydrogen (secondary N) is 3. The standard InChI is InChI=1S/C68H85N3O19/c1-37(2)30-45(71-61(81)46(31-41-22-16-13-17-23-41)70-51(75)35-69-60(80)38(3)4)47(73)28-29-52(76)87-56(44(42-24-18-14-19-25-42)32-53(77)90-64(7,8)9)63(83)86-48-34-68(84)59(88-62(82)43-26-20-15-21-27-43)57-66(12,58(79)55(78)54(39(48)5)65(68,10)11)49(74)33-50-67(57,36-85-50)89-40(6)72/h13-27,37,44-46,48-50,55-57,59,74,78,84H,3,28-36H2,1-2,4-12H3,(H,69,80)(H,70,75)(H,71,81)/t44-,45?,46?,48-,49-,50?,55+,56+,57-,59-,66+,67-,68+/m0/s1. The van der Waals surface area contributed by atoms with Crippen LogP contribution in [0.15, 0.2) is 114 Å². The van der Waals surface area contributed by atoms with Gasteiger partial charge in [-0.05, 0) is 88.3 Å². The van der Waals surface area contributed by atoms with Gasteiger partial charge in [0.15, 0.2) is 17.2 Å². The van der Waals surface area contributed by atoms with Crippen LogP contribution in [0.2, 0.25) is 0 Å². The molecule has 0 spiro atoms. The fourth-order valence-electron chi connectivity index (χ4n) is 13.2. The summed E-state index contributed by atoms with van der Waals surface area (Å²) in [6.07, 6.45) is -13.2. The van der Waals surface area contributed by atoms with E-state index in [4.69, 9.17) is 28.4 Å². The van der Waals surface area contributed by atoms with E-state index in [1.54, 1.807) is 99.6 Å². The average molecular weight is 1250 g/mol. The van der Waals surface area contributed by atoms with Crippen molar-refractivity contribution in [2.75, 3.05) is 13.2 Å². The Morgan fingerprint density at radius 1 is 0.811 bits per heavy atom. The van der Waals surface area contributed by atoms with Gasteiger partial charge in [0, 0.05) is 49.5 Å². The van der Waals surface area contributed by atoms with Crippen LogP contribution in [0.25, 0.3) is 0 Å². The number of aliphatic hydroxyl groups excluding tert-OH is 2. The Bertz CT molecular complexity index is 3250. The first-order valence-corrected chi connectivity index (χ1v) is 30.3. The first-order valence-electron chi connectivity index (χ1n) is 30.3. The minimum Gasteiger partial charge on any atom is -0.460 e. The highest BCUT2D eigenvalue weighted by Gasteiger charge is 2.78. The van der Waals surface area contributed by atoms with Crippen molar-refractivity contribution in [1.82, 2.24) is 16.0 Å². The Balaban J connectivity index is 1.25.